The Morgan fingerprint density at radius 2 is 1.60 bits per heavy atom. The van der Waals surface area contributed by atoms with Crippen molar-refractivity contribution in [3.63, 3.8) is 0 Å². The number of hydrogen-bond acceptors (Lipinski definition) is 6. The van der Waals surface area contributed by atoms with E-state index in [1.165, 1.54) is 32.0 Å². The topological polar surface area (TPSA) is 99.5 Å². The van der Waals surface area contributed by atoms with Crippen LogP contribution in [0.1, 0.15) is 39.0 Å². The van der Waals surface area contributed by atoms with E-state index in [1.807, 2.05) is 0 Å². The fraction of sp³-hybridized carbons (Fsp3) is 0.368. The largest absolute Gasteiger partial charge is 0.465 e. The van der Waals surface area contributed by atoms with Crippen LogP contribution in [-0.2, 0) is 27.0 Å². The van der Waals surface area contributed by atoms with Crippen LogP contribution in [0.5, 0.6) is 0 Å². The highest BCUT2D eigenvalue weighted by atomic mass is 19.4. The number of methoxy groups -OCH3 is 2. The highest BCUT2D eigenvalue weighted by Crippen LogP contribution is 2.28. The number of amides is 1. The quantitative estimate of drug-likeness (QED) is 0.712. The molecule has 8 nitrogen and oxygen atoms in total. The number of aromatic nitrogens is 2. The number of hydrogen-bond donors (Lipinski definition) is 1. The molecule has 0 bridgehead atoms. The van der Waals surface area contributed by atoms with Gasteiger partial charge in [0.1, 0.15) is 0 Å². The van der Waals surface area contributed by atoms with Crippen LogP contribution in [0.4, 0.5) is 18.9 Å². The lowest BCUT2D eigenvalue weighted by Gasteiger charge is -2.15. The smallest absolute Gasteiger partial charge is 0.435 e. The molecule has 1 atom stereocenters. The number of carbonyl (C=O) groups is 3. The van der Waals surface area contributed by atoms with Gasteiger partial charge in [-0.15, -0.1) is 0 Å². The summed E-state index contributed by atoms with van der Waals surface area (Å²) in [5.41, 5.74) is -0.630. The average Bonchev–Trinajstić information content (AvgIpc) is 3.07. The molecular weight excluding hydrogens is 407 g/mol. The lowest BCUT2D eigenvalue weighted by molar-refractivity contribution is -0.141. The first-order valence-electron chi connectivity index (χ1n) is 8.70. The Morgan fingerprint density at radius 1 is 1.07 bits per heavy atom. The summed E-state index contributed by atoms with van der Waals surface area (Å²) in [4.78, 5) is 36.2. The van der Waals surface area contributed by atoms with Crippen LogP contribution in [0, 0.1) is 12.8 Å². The van der Waals surface area contributed by atoms with Gasteiger partial charge in [-0.3, -0.25) is 9.48 Å². The summed E-state index contributed by atoms with van der Waals surface area (Å²) in [5, 5.41) is 6.04. The monoisotopic (exact) mass is 427 g/mol. The molecule has 2 rings (SSSR count). The van der Waals surface area contributed by atoms with Crippen LogP contribution < -0.4 is 5.32 Å². The zero-order chi connectivity index (χ0) is 22.6. The molecule has 0 spiro atoms. The SMILES string of the molecule is COC(=O)c1cc(NC(=O)C(C)Cn2nc(C(F)(F)F)cc2C)cc(C(=O)OC)c1. The van der Waals surface area contributed by atoms with Crippen molar-refractivity contribution in [1.29, 1.82) is 0 Å². The van der Waals surface area contributed by atoms with Crippen LogP contribution in [-0.4, -0.2) is 41.8 Å². The van der Waals surface area contributed by atoms with Gasteiger partial charge in [-0.2, -0.15) is 18.3 Å². The van der Waals surface area contributed by atoms with Crippen molar-refractivity contribution in [1.82, 2.24) is 9.78 Å². The third-order valence-electron chi connectivity index (χ3n) is 4.21. The first kappa shape index (κ1) is 22.9. The summed E-state index contributed by atoms with van der Waals surface area (Å²) in [5.74, 6) is -2.77. The van der Waals surface area contributed by atoms with Crippen molar-refractivity contribution in [3.05, 3.63) is 46.8 Å². The second kappa shape index (κ2) is 8.97. The highest BCUT2D eigenvalue weighted by Gasteiger charge is 2.34. The first-order valence-corrected chi connectivity index (χ1v) is 8.70. The van der Waals surface area contributed by atoms with E-state index < -0.39 is 35.6 Å². The molecule has 0 saturated heterocycles. The molecule has 1 heterocycles. The van der Waals surface area contributed by atoms with Crippen LogP contribution in [0.3, 0.4) is 0 Å². The van der Waals surface area contributed by atoms with Crippen molar-refractivity contribution in [2.24, 2.45) is 5.92 Å². The molecule has 162 valence electrons. The van der Waals surface area contributed by atoms with E-state index in [4.69, 9.17) is 0 Å². The van der Waals surface area contributed by atoms with Gasteiger partial charge in [-0.05, 0) is 31.2 Å². The predicted octanol–water partition coefficient (Wildman–Crippen LogP) is 3.06. The third-order valence-corrected chi connectivity index (χ3v) is 4.21. The third kappa shape index (κ3) is 5.37. The molecule has 1 aromatic carbocycles. The lowest BCUT2D eigenvalue weighted by Crippen LogP contribution is -2.25. The summed E-state index contributed by atoms with van der Waals surface area (Å²) >= 11 is 0. The number of benzene rings is 1. The van der Waals surface area contributed by atoms with Crippen LogP contribution in [0.15, 0.2) is 24.3 Å². The number of halogens is 3. The number of nitrogens with one attached hydrogen (secondary N) is 1. The van der Waals surface area contributed by atoms with Gasteiger partial charge in [0, 0.05) is 11.4 Å². The average molecular weight is 427 g/mol. The molecule has 0 saturated carbocycles. The summed E-state index contributed by atoms with van der Waals surface area (Å²) < 4.78 is 48.7. The minimum absolute atomic E-state index is 0.0149. The van der Waals surface area contributed by atoms with Gasteiger partial charge in [0.25, 0.3) is 0 Å². The van der Waals surface area contributed by atoms with E-state index in [1.54, 1.807) is 0 Å². The van der Waals surface area contributed by atoms with E-state index >= 15 is 0 Å². The molecule has 1 amide bonds. The van der Waals surface area contributed by atoms with Crippen molar-refractivity contribution in [3.8, 4) is 0 Å². The number of esters is 2. The Kier molecular flexibility index (Phi) is 6.85. The minimum Gasteiger partial charge on any atom is -0.465 e. The van der Waals surface area contributed by atoms with Crippen LogP contribution in [0.2, 0.25) is 0 Å². The maximum Gasteiger partial charge on any atom is 0.435 e. The number of anilines is 1. The van der Waals surface area contributed by atoms with E-state index in [-0.39, 0.29) is 29.1 Å². The Bertz CT molecular complexity index is 935. The predicted molar refractivity (Wildman–Crippen MR) is 98.9 cm³/mol. The van der Waals surface area contributed by atoms with Crippen LogP contribution in [0.25, 0.3) is 0 Å². The van der Waals surface area contributed by atoms with Gasteiger partial charge in [0.05, 0.1) is 37.8 Å². The van der Waals surface area contributed by atoms with Gasteiger partial charge in [-0.25, -0.2) is 9.59 Å². The fourth-order valence-corrected chi connectivity index (χ4v) is 2.61. The number of aryl methyl sites for hydroxylation is 1. The van der Waals surface area contributed by atoms with E-state index in [9.17, 15) is 27.6 Å². The summed E-state index contributed by atoms with van der Waals surface area (Å²) in [6, 6.07) is 4.77. The molecule has 0 radical (unpaired) electrons. The number of nitrogens with zero attached hydrogens (tertiary/aromatic N) is 2. The number of rotatable bonds is 6. The van der Waals surface area contributed by atoms with Gasteiger partial charge in [0.2, 0.25) is 5.91 Å². The minimum atomic E-state index is -4.58. The Morgan fingerprint density at radius 3 is 2.03 bits per heavy atom. The molecular formula is C19H20F3N3O5. The maximum absolute atomic E-state index is 12.8. The van der Waals surface area contributed by atoms with Gasteiger partial charge >= 0.3 is 18.1 Å². The molecule has 0 fully saturated rings. The molecule has 0 aliphatic rings. The second-order valence-electron chi connectivity index (χ2n) is 6.52. The van der Waals surface area contributed by atoms with Gasteiger partial charge in [-0.1, -0.05) is 6.92 Å². The van der Waals surface area contributed by atoms with E-state index in [0.29, 0.717) is 0 Å². The van der Waals surface area contributed by atoms with Crippen molar-refractivity contribution < 1.29 is 37.0 Å². The standard InChI is InChI=1S/C19H20F3N3O5/c1-10(9-25-11(2)5-15(24-25)19(20,21)22)16(26)23-14-7-12(17(27)29-3)6-13(8-14)18(28)30-4/h5-8,10H,9H2,1-4H3,(H,23,26). The molecule has 2 aromatic rings. The molecule has 0 aliphatic heterocycles. The molecule has 1 aromatic heterocycles. The van der Waals surface area contributed by atoms with Crippen LogP contribution >= 0.6 is 0 Å². The molecule has 1 unspecified atom stereocenters. The van der Waals surface area contributed by atoms with Crippen molar-refractivity contribution >= 4 is 23.5 Å². The van der Waals surface area contributed by atoms with Gasteiger partial charge in [0.15, 0.2) is 5.69 Å². The van der Waals surface area contributed by atoms with Gasteiger partial charge < -0.3 is 14.8 Å². The number of carbonyl (C=O) groups excluding carboxylic acids is 3. The normalized spacial score (nSPS) is 12.2. The van der Waals surface area contributed by atoms with E-state index in [2.05, 4.69) is 19.9 Å². The zero-order valence-electron chi connectivity index (χ0n) is 16.7. The van der Waals surface area contributed by atoms with Crippen molar-refractivity contribution in [2.75, 3.05) is 19.5 Å². The Labute approximate surface area is 170 Å². The molecule has 11 heteroatoms. The molecule has 0 aliphatic carbocycles. The summed E-state index contributed by atoms with van der Waals surface area (Å²) in [6.45, 7) is 2.86. The zero-order valence-corrected chi connectivity index (χ0v) is 16.7. The molecule has 30 heavy (non-hydrogen) atoms. The van der Waals surface area contributed by atoms with Crippen molar-refractivity contribution in [2.45, 2.75) is 26.6 Å². The number of alkyl halides is 3. The first-order chi connectivity index (χ1) is 14.0. The second-order valence-corrected chi connectivity index (χ2v) is 6.52. The lowest BCUT2D eigenvalue weighted by atomic mass is 10.1. The van der Waals surface area contributed by atoms with E-state index in [0.717, 1.165) is 25.0 Å². The highest BCUT2D eigenvalue weighted by molar-refractivity contribution is 5.99. The summed E-state index contributed by atoms with van der Waals surface area (Å²) in [6.07, 6.45) is -4.58. The Balaban J connectivity index is 2.21. The maximum atomic E-state index is 12.8. The summed E-state index contributed by atoms with van der Waals surface area (Å²) in [7, 11) is 2.32. The number of ether oxygens (including phenoxy) is 2. The Hall–Kier alpha value is -3.37. The fourth-order valence-electron chi connectivity index (χ4n) is 2.61. The molecule has 1 N–H and O–H groups in total.